The first-order valence-electron chi connectivity index (χ1n) is 7.42. The first kappa shape index (κ1) is 15.2. The molecule has 112 valence electrons. The van der Waals surface area contributed by atoms with Gasteiger partial charge in [0.25, 0.3) is 0 Å². The molecule has 3 N–H and O–H groups in total. The van der Waals surface area contributed by atoms with Gasteiger partial charge in [-0.25, -0.2) is 0 Å². The van der Waals surface area contributed by atoms with Crippen molar-refractivity contribution in [1.82, 2.24) is 0 Å². The van der Waals surface area contributed by atoms with E-state index in [2.05, 4.69) is 32.9 Å². The highest BCUT2D eigenvalue weighted by Crippen LogP contribution is 2.44. The quantitative estimate of drug-likeness (QED) is 0.740. The maximum atomic E-state index is 10.2. The lowest BCUT2D eigenvalue weighted by Gasteiger charge is -2.17. The van der Waals surface area contributed by atoms with Crippen LogP contribution in [0, 0.1) is 0 Å². The molecule has 2 aromatic rings. The second kappa shape index (κ2) is 6.08. The highest BCUT2D eigenvalue weighted by atomic mass is 16.3. The van der Waals surface area contributed by atoms with Gasteiger partial charge in [-0.3, -0.25) is 0 Å². The summed E-state index contributed by atoms with van der Waals surface area (Å²) >= 11 is 0. The second-order valence-corrected chi connectivity index (χ2v) is 5.18. The summed E-state index contributed by atoms with van der Waals surface area (Å²) < 4.78 is 0. The summed E-state index contributed by atoms with van der Waals surface area (Å²) in [6, 6.07) is 7.37. The number of hydrogen-bond donors (Lipinski definition) is 3. The van der Waals surface area contributed by atoms with Crippen LogP contribution in [0.5, 0.6) is 17.2 Å². The summed E-state index contributed by atoms with van der Waals surface area (Å²) in [5.41, 5.74) is 5.10. The minimum Gasteiger partial charge on any atom is -0.504 e. The fourth-order valence-electron chi connectivity index (χ4n) is 2.72. The SMILES string of the molecule is CCc1cc(CC)c(-c2ccc(O)c(O)c2O)c(CC)c1. The van der Waals surface area contributed by atoms with E-state index in [4.69, 9.17) is 0 Å². The van der Waals surface area contributed by atoms with Gasteiger partial charge >= 0.3 is 0 Å². The zero-order chi connectivity index (χ0) is 15.6. The van der Waals surface area contributed by atoms with Gasteiger partial charge in [-0.1, -0.05) is 32.9 Å². The molecule has 0 saturated heterocycles. The first-order valence-corrected chi connectivity index (χ1v) is 7.42. The van der Waals surface area contributed by atoms with Gasteiger partial charge in [0.05, 0.1) is 0 Å². The molecule has 0 fully saturated rings. The molecule has 0 heterocycles. The molecule has 2 aromatic carbocycles. The monoisotopic (exact) mass is 286 g/mol. The lowest BCUT2D eigenvalue weighted by molar-refractivity contribution is 0.369. The summed E-state index contributed by atoms with van der Waals surface area (Å²) in [7, 11) is 0. The molecule has 0 spiro atoms. The number of aromatic hydroxyl groups is 3. The van der Waals surface area contributed by atoms with Crippen LogP contribution in [0.1, 0.15) is 37.5 Å². The molecule has 2 rings (SSSR count). The molecule has 0 radical (unpaired) electrons. The van der Waals surface area contributed by atoms with Crippen LogP contribution in [0.15, 0.2) is 24.3 Å². The first-order chi connectivity index (χ1) is 10.0. The third kappa shape index (κ3) is 2.68. The summed E-state index contributed by atoms with van der Waals surface area (Å²) in [5, 5.41) is 29.5. The summed E-state index contributed by atoms with van der Waals surface area (Å²) in [6.07, 6.45) is 2.65. The average molecular weight is 286 g/mol. The number of phenolic OH excluding ortho intramolecular Hbond substituents is 3. The standard InChI is InChI=1S/C18H22O3/c1-4-11-9-12(5-2)16(13(6-3)10-11)14-7-8-15(19)18(21)17(14)20/h7-10,19-21H,4-6H2,1-3H3. The average Bonchev–Trinajstić information content (AvgIpc) is 2.51. The molecule has 21 heavy (non-hydrogen) atoms. The molecule has 0 amide bonds. The van der Waals surface area contributed by atoms with Gasteiger partial charge in [-0.2, -0.15) is 0 Å². The molecule has 0 aliphatic carbocycles. The van der Waals surface area contributed by atoms with Crippen LogP contribution in [-0.2, 0) is 19.3 Å². The lowest BCUT2D eigenvalue weighted by Crippen LogP contribution is -1.98. The molecule has 0 bridgehead atoms. The number of aryl methyl sites for hydroxylation is 3. The maximum Gasteiger partial charge on any atom is 0.200 e. The zero-order valence-corrected chi connectivity index (χ0v) is 12.8. The Morgan fingerprint density at radius 2 is 1.33 bits per heavy atom. The molecule has 0 aliphatic rings. The van der Waals surface area contributed by atoms with Crippen molar-refractivity contribution in [1.29, 1.82) is 0 Å². The second-order valence-electron chi connectivity index (χ2n) is 5.18. The van der Waals surface area contributed by atoms with Crippen LogP contribution in [0.3, 0.4) is 0 Å². The van der Waals surface area contributed by atoms with Crippen molar-refractivity contribution in [3.63, 3.8) is 0 Å². The number of rotatable bonds is 4. The van der Waals surface area contributed by atoms with Gasteiger partial charge in [0, 0.05) is 5.56 Å². The molecular formula is C18H22O3. The van der Waals surface area contributed by atoms with Crippen molar-refractivity contribution < 1.29 is 15.3 Å². The van der Waals surface area contributed by atoms with Crippen molar-refractivity contribution in [3.05, 3.63) is 41.0 Å². The van der Waals surface area contributed by atoms with Gasteiger partial charge in [0.2, 0.25) is 5.75 Å². The number of benzene rings is 2. The van der Waals surface area contributed by atoms with E-state index in [1.807, 2.05) is 0 Å². The molecule has 0 unspecified atom stereocenters. The van der Waals surface area contributed by atoms with Crippen LogP contribution in [0.25, 0.3) is 11.1 Å². The number of phenols is 3. The molecule has 0 aliphatic heterocycles. The Kier molecular flexibility index (Phi) is 4.41. The van der Waals surface area contributed by atoms with Crippen molar-refractivity contribution in [2.24, 2.45) is 0 Å². The summed E-state index contributed by atoms with van der Waals surface area (Å²) in [5.74, 6) is -1.03. The normalized spacial score (nSPS) is 10.8. The van der Waals surface area contributed by atoms with Crippen LogP contribution >= 0.6 is 0 Å². The lowest BCUT2D eigenvalue weighted by atomic mass is 9.88. The highest BCUT2D eigenvalue weighted by Gasteiger charge is 2.18. The Labute approximate surface area is 125 Å². The molecule has 0 aromatic heterocycles. The Balaban J connectivity index is 2.76. The maximum absolute atomic E-state index is 10.2. The fraction of sp³-hybridized carbons (Fsp3) is 0.333. The van der Waals surface area contributed by atoms with E-state index >= 15 is 0 Å². The minimum atomic E-state index is -0.462. The molecule has 3 nitrogen and oxygen atoms in total. The van der Waals surface area contributed by atoms with Crippen molar-refractivity contribution in [3.8, 4) is 28.4 Å². The van der Waals surface area contributed by atoms with E-state index in [1.165, 1.54) is 11.6 Å². The van der Waals surface area contributed by atoms with Gasteiger partial charge in [0.1, 0.15) is 0 Å². The van der Waals surface area contributed by atoms with Gasteiger partial charge in [-0.15, -0.1) is 0 Å². The zero-order valence-electron chi connectivity index (χ0n) is 12.8. The largest absolute Gasteiger partial charge is 0.504 e. The van der Waals surface area contributed by atoms with Crippen molar-refractivity contribution in [2.45, 2.75) is 40.0 Å². The fourth-order valence-corrected chi connectivity index (χ4v) is 2.72. The minimum absolute atomic E-state index is 0.261. The van der Waals surface area contributed by atoms with E-state index in [-0.39, 0.29) is 11.5 Å². The molecule has 0 atom stereocenters. The van der Waals surface area contributed by atoms with E-state index in [0.29, 0.717) is 5.56 Å². The van der Waals surface area contributed by atoms with E-state index in [1.54, 1.807) is 6.07 Å². The summed E-state index contributed by atoms with van der Waals surface area (Å²) in [4.78, 5) is 0. The highest BCUT2D eigenvalue weighted by molar-refractivity contribution is 5.80. The predicted molar refractivity (Wildman–Crippen MR) is 85.0 cm³/mol. The molecule has 3 heteroatoms. The Morgan fingerprint density at radius 3 is 1.81 bits per heavy atom. The van der Waals surface area contributed by atoms with Crippen LogP contribution in [-0.4, -0.2) is 15.3 Å². The Hall–Kier alpha value is -2.16. The van der Waals surface area contributed by atoms with E-state index in [9.17, 15) is 15.3 Å². The van der Waals surface area contributed by atoms with Gasteiger partial charge in [0.15, 0.2) is 11.5 Å². The Morgan fingerprint density at radius 1 is 0.762 bits per heavy atom. The predicted octanol–water partition coefficient (Wildman–Crippen LogP) is 4.16. The van der Waals surface area contributed by atoms with Crippen LogP contribution in [0.2, 0.25) is 0 Å². The molecule has 0 saturated carbocycles. The summed E-state index contributed by atoms with van der Waals surface area (Å²) in [6.45, 7) is 6.28. The topological polar surface area (TPSA) is 60.7 Å². The van der Waals surface area contributed by atoms with Crippen LogP contribution in [0.4, 0.5) is 0 Å². The Bertz CT molecular complexity index is 635. The van der Waals surface area contributed by atoms with Gasteiger partial charge in [-0.05, 0) is 53.6 Å². The van der Waals surface area contributed by atoms with Crippen molar-refractivity contribution >= 4 is 0 Å². The third-order valence-corrected chi connectivity index (χ3v) is 3.93. The van der Waals surface area contributed by atoms with E-state index < -0.39 is 5.75 Å². The smallest absolute Gasteiger partial charge is 0.200 e. The van der Waals surface area contributed by atoms with Crippen LogP contribution < -0.4 is 0 Å². The number of hydrogen-bond acceptors (Lipinski definition) is 3. The third-order valence-electron chi connectivity index (χ3n) is 3.93. The molecular weight excluding hydrogens is 264 g/mol. The van der Waals surface area contributed by atoms with Gasteiger partial charge < -0.3 is 15.3 Å². The van der Waals surface area contributed by atoms with E-state index in [0.717, 1.165) is 36.0 Å². The van der Waals surface area contributed by atoms with Crippen molar-refractivity contribution in [2.75, 3.05) is 0 Å².